The number of aromatic nitrogens is 1. The van der Waals surface area contributed by atoms with Crippen molar-refractivity contribution in [2.24, 2.45) is 0 Å². The van der Waals surface area contributed by atoms with E-state index in [9.17, 15) is 14.7 Å². The van der Waals surface area contributed by atoms with Crippen LogP contribution < -0.4 is 5.43 Å². The minimum atomic E-state index is -0.451. The number of carbonyl (C=O) groups excluding carboxylic acids is 1. The Labute approximate surface area is 86.9 Å². The van der Waals surface area contributed by atoms with Gasteiger partial charge in [0.25, 0.3) is 0 Å². The van der Waals surface area contributed by atoms with Crippen LogP contribution in [0.4, 0.5) is 0 Å². The van der Waals surface area contributed by atoms with Gasteiger partial charge >= 0.3 is 5.97 Å². The third kappa shape index (κ3) is 2.59. The lowest BCUT2D eigenvalue weighted by atomic mass is 10.3. The summed E-state index contributed by atoms with van der Waals surface area (Å²) in [5.41, 5.74) is -0.0943. The average Bonchev–Trinajstić information content (AvgIpc) is 2.20. The van der Waals surface area contributed by atoms with E-state index in [4.69, 9.17) is 4.74 Å². The van der Waals surface area contributed by atoms with E-state index in [1.807, 2.05) is 0 Å². The van der Waals surface area contributed by atoms with Gasteiger partial charge in [0.2, 0.25) is 5.43 Å². The van der Waals surface area contributed by atoms with Gasteiger partial charge in [-0.1, -0.05) is 0 Å². The molecule has 0 spiro atoms. The maximum absolute atomic E-state index is 11.2. The topological polar surface area (TPSA) is 68.5 Å². The molecule has 0 aliphatic carbocycles. The first kappa shape index (κ1) is 11.3. The highest BCUT2D eigenvalue weighted by Crippen LogP contribution is 2.08. The highest BCUT2D eigenvalue weighted by atomic mass is 16.5. The SMILES string of the molecule is CCOC(=O)Cn1ccc(=O)c(O)c1C. The maximum atomic E-state index is 11.2. The summed E-state index contributed by atoms with van der Waals surface area (Å²) >= 11 is 0. The first-order valence-electron chi connectivity index (χ1n) is 4.61. The van der Waals surface area contributed by atoms with Gasteiger partial charge in [-0.3, -0.25) is 9.59 Å². The molecule has 0 aliphatic heterocycles. The minimum Gasteiger partial charge on any atom is -0.503 e. The van der Waals surface area contributed by atoms with E-state index < -0.39 is 11.4 Å². The van der Waals surface area contributed by atoms with Crippen LogP contribution in [-0.2, 0) is 16.1 Å². The van der Waals surface area contributed by atoms with Gasteiger partial charge in [0.05, 0.1) is 12.3 Å². The second kappa shape index (κ2) is 4.63. The van der Waals surface area contributed by atoms with E-state index in [1.54, 1.807) is 13.8 Å². The number of rotatable bonds is 3. The Morgan fingerprint density at radius 2 is 2.27 bits per heavy atom. The Bertz CT molecular complexity index is 422. The maximum Gasteiger partial charge on any atom is 0.325 e. The summed E-state index contributed by atoms with van der Waals surface area (Å²) in [6.07, 6.45) is 1.45. The standard InChI is InChI=1S/C10H13NO4/c1-3-15-9(13)6-11-5-4-8(12)10(14)7(11)2/h4-5,14H,3,6H2,1-2H3. The number of carbonyl (C=O) groups is 1. The molecule has 0 radical (unpaired) electrons. The number of hydrogen-bond acceptors (Lipinski definition) is 4. The molecular weight excluding hydrogens is 198 g/mol. The fraction of sp³-hybridized carbons (Fsp3) is 0.400. The lowest BCUT2D eigenvalue weighted by Crippen LogP contribution is -2.17. The van der Waals surface area contributed by atoms with Crippen LogP contribution in [0.5, 0.6) is 5.75 Å². The lowest BCUT2D eigenvalue weighted by Gasteiger charge is -2.10. The molecule has 0 saturated carbocycles. The third-order valence-electron chi connectivity index (χ3n) is 2.02. The van der Waals surface area contributed by atoms with Crippen molar-refractivity contribution in [1.82, 2.24) is 4.57 Å². The largest absolute Gasteiger partial charge is 0.503 e. The molecule has 0 fully saturated rings. The van der Waals surface area contributed by atoms with Crippen molar-refractivity contribution in [3.63, 3.8) is 0 Å². The summed E-state index contributed by atoms with van der Waals surface area (Å²) in [6.45, 7) is 3.58. The second-order valence-electron chi connectivity index (χ2n) is 3.05. The Morgan fingerprint density at radius 3 is 2.87 bits per heavy atom. The Morgan fingerprint density at radius 1 is 1.60 bits per heavy atom. The van der Waals surface area contributed by atoms with Crippen molar-refractivity contribution in [2.45, 2.75) is 20.4 Å². The van der Waals surface area contributed by atoms with Gasteiger partial charge in [-0.15, -0.1) is 0 Å². The fourth-order valence-electron chi connectivity index (χ4n) is 1.18. The van der Waals surface area contributed by atoms with Crippen LogP contribution in [0.3, 0.4) is 0 Å². The van der Waals surface area contributed by atoms with E-state index >= 15 is 0 Å². The number of aromatic hydroxyl groups is 1. The predicted octanol–water partition coefficient (Wildman–Crippen LogP) is 0.425. The fourth-order valence-corrected chi connectivity index (χ4v) is 1.18. The molecule has 0 aliphatic rings. The third-order valence-corrected chi connectivity index (χ3v) is 2.02. The summed E-state index contributed by atoms with van der Waals surface area (Å²) in [7, 11) is 0. The van der Waals surface area contributed by atoms with Crippen LogP contribution in [0.2, 0.25) is 0 Å². The monoisotopic (exact) mass is 211 g/mol. The van der Waals surface area contributed by atoms with Gasteiger partial charge in [-0.05, 0) is 13.8 Å². The Hall–Kier alpha value is -1.78. The highest BCUT2D eigenvalue weighted by Gasteiger charge is 2.08. The van der Waals surface area contributed by atoms with Gasteiger partial charge < -0.3 is 14.4 Å². The van der Waals surface area contributed by atoms with Gasteiger partial charge in [0, 0.05) is 12.3 Å². The van der Waals surface area contributed by atoms with Crippen molar-refractivity contribution in [3.05, 3.63) is 28.2 Å². The molecule has 0 unspecified atom stereocenters. The molecule has 1 N–H and O–H groups in total. The molecule has 1 aromatic heterocycles. The lowest BCUT2D eigenvalue weighted by molar-refractivity contribution is -0.143. The number of pyridine rings is 1. The second-order valence-corrected chi connectivity index (χ2v) is 3.05. The van der Waals surface area contributed by atoms with Crippen molar-refractivity contribution in [3.8, 4) is 5.75 Å². The zero-order chi connectivity index (χ0) is 11.4. The molecule has 1 rings (SSSR count). The molecular formula is C10H13NO4. The highest BCUT2D eigenvalue weighted by molar-refractivity contribution is 5.69. The van der Waals surface area contributed by atoms with Crippen molar-refractivity contribution in [1.29, 1.82) is 0 Å². The molecule has 82 valence electrons. The summed E-state index contributed by atoms with van der Waals surface area (Å²) < 4.78 is 6.22. The Kier molecular flexibility index (Phi) is 3.49. The smallest absolute Gasteiger partial charge is 0.325 e. The molecule has 0 saturated heterocycles. The number of nitrogens with zero attached hydrogens (tertiary/aromatic N) is 1. The van der Waals surface area contributed by atoms with E-state index in [1.165, 1.54) is 16.8 Å². The van der Waals surface area contributed by atoms with E-state index in [0.717, 1.165) is 0 Å². The molecule has 5 nitrogen and oxygen atoms in total. The van der Waals surface area contributed by atoms with Crippen LogP contribution >= 0.6 is 0 Å². The van der Waals surface area contributed by atoms with Crippen LogP contribution in [0, 0.1) is 6.92 Å². The average molecular weight is 211 g/mol. The molecule has 0 aromatic carbocycles. The van der Waals surface area contributed by atoms with Gasteiger partial charge in [0.15, 0.2) is 5.75 Å². The number of ether oxygens (including phenoxy) is 1. The number of esters is 1. The first-order valence-corrected chi connectivity index (χ1v) is 4.61. The first-order chi connectivity index (χ1) is 7.06. The van der Waals surface area contributed by atoms with E-state index in [0.29, 0.717) is 12.3 Å². The van der Waals surface area contributed by atoms with Crippen LogP contribution in [0.15, 0.2) is 17.1 Å². The number of hydrogen-bond donors (Lipinski definition) is 1. The molecule has 1 heterocycles. The summed E-state index contributed by atoms with van der Waals surface area (Å²) in [5.74, 6) is -0.731. The van der Waals surface area contributed by atoms with Gasteiger partial charge in [-0.2, -0.15) is 0 Å². The van der Waals surface area contributed by atoms with Crippen LogP contribution in [-0.4, -0.2) is 22.2 Å². The van der Waals surface area contributed by atoms with Crippen molar-refractivity contribution >= 4 is 5.97 Å². The quantitative estimate of drug-likeness (QED) is 0.736. The van der Waals surface area contributed by atoms with E-state index in [2.05, 4.69) is 0 Å². The van der Waals surface area contributed by atoms with Crippen molar-refractivity contribution < 1.29 is 14.6 Å². The predicted molar refractivity (Wildman–Crippen MR) is 53.7 cm³/mol. The summed E-state index contributed by atoms with van der Waals surface area (Å²) in [4.78, 5) is 22.2. The normalized spacial score (nSPS) is 10.0. The van der Waals surface area contributed by atoms with Crippen LogP contribution in [0.1, 0.15) is 12.6 Å². The molecule has 0 bridgehead atoms. The summed E-state index contributed by atoms with van der Waals surface area (Å²) in [6, 6.07) is 1.21. The van der Waals surface area contributed by atoms with Crippen LogP contribution in [0.25, 0.3) is 0 Å². The molecule has 5 heteroatoms. The van der Waals surface area contributed by atoms with Gasteiger partial charge in [-0.25, -0.2) is 0 Å². The van der Waals surface area contributed by atoms with Crippen molar-refractivity contribution in [2.75, 3.05) is 6.61 Å². The molecule has 0 atom stereocenters. The molecule has 15 heavy (non-hydrogen) atoms. The van der Waals surface area contributed by atoms with E-state index in [-0.39, 0.29) is 12.3 Å². The molecule has 0 amide bonds. The zero-order valence-corrected chi connectivity index (χ0v) is 8.69. The zero-order valence-electron chi connectivity index (χ0n) is 8.69. The minimum absolute atomic E-state index is 0.00644. The summed E-state index contributed by atoms with van der Waals surface area (Å²) in [5, 5.41) is 9.34. The molecule has 1 aromatic rings. The van der Waals surface area contributed by atoms with Gasteiger partial charge in [0.1, 0.15) is 6.54 Å². The Balaban J connectivity index is 2.92.